The zero-order chi connectivity index (χ0) is 11.3. The molecule has 80 valence electrons. The number of nitrogens with one attached hydrogen (secondary N) is 1. The maximum Gasteiger partial charge on any atom is 0.184 e. The van der Waals surface area contributed by atoms with E-state index < -0.39 is 0 Å². The Labute approximate surface area is 93.2 Å². The predicted octanol–water partition coefficient (Wildman–Crippen LogP) is 1.77. The summed E-state index contributed by atoms with van der Waals surface area (Å²) in [4.78, 5) is 0. The van der Waals surface area contributed by atoms with Crippen LogP contribution in [0, 0.1) is 5.82 Å². The Bertz CT molecular complexity index is 390. The summed E-state index contributed by atoms with van der Waals surface area (Å²) in [5, 5.41) is 4.00. The molecule has 0 spiro atoms. The second-order valence-corrected chi connectivity index (χ2v) is 3.31. The molecule has 0 aliphatic carbocycles. The smallest absolute Gasteiger partial charge is 0.184 e. The molecule has 0 saturated heterocycles. The van der Waals surface area contributed by atoms with E-state index in [9.17, 15) is 4.39 Å². The number of nitrogens with two attached hydrogens (primary N) is 1. The first-order valence-electron chi connectivity index (χ1n) is 4.52. The summed E-state index contributed by atoms with van der Waals surface area (Å²) in [6, 6.07) is 6.44. The molecule has 0 aliphatic heterocycles. The molecule has 0 bridgehead atoms. The Balaban J connectivity index is 2.97. The molecule has 0 heterocycles. The van der Waals surface area contributed by atoms with Crippen LogP contribution in [0.2, 0.25) is 0 Å². The first-order valence-corrected chi connectivity index (χ1v) is 4.93. The number of rotatable bonds is 3. The fourth-order valence-corrected chi connectivity index (χ4v) is 1.19. The van der Waals surface area contributed by atoms with Crippen LogP contribution in [0.25, 0.3) is 0 Å². The Morgan fingerprint density at radius 1 is 1.53 bits per heavy atom. The Morgan fingerprint density at radius 3 is 2.73 bits per heavy atom. The van der Waals surface area contributed by atoms with Crippen molar-refractivity contribution < 1.29 is 4.39 Å². The van der Waals surface area contributed by atoms with Crippen LogP contribution in [0.1, 0.15) is 18.9 Å². The fraction of sp³-hybridized carbons (Fsp3) is 0.200. The van der Waals surface area contributed by atoms with Crippen molar-refractivity contribution in [3.05, 3.63) is 35.6 Å². The van der Waals surface area contributed by atoms with Gasteiger partial charge in [-0.3, -0.25) is 5.43 Å². The fourth-order valence-electron chi connectivity index (χ4n) is 1.15. The van der Waals surface area contributed by atoms with Gasteiger partial charge in [0.1, 0.15) is 5.82 Å². The number of hydrogen-bond donors (Lipinski definition) is 2. The average molecular weight is 225 g/mol. The van der Waals surface area contributed by atoms with E-state index in [0.717, 1.165) is 0 Å². The van der Waals surface area contributed by atoms with E-state index in [1.807, 2.05) is 6.92 Å². The van der Waals surface area contributed by atoms with Crippen molar-refractivity contribution in [3.63, 3.8) is 0 Å². The highest BCUT2D eigenvalue weighted by atomic mass is 32.1. The van der Waals surface area contributed by atoms with Crippen molar-refractivity contribution in [2.45, 2.75) is 13.3 Å². The first kappa shape index (κ1) is 11.6. The van der Waals surface area contributed by atoms with E-state index >= 15 is 0 Å². The number of hydrogen-bond acceptors (Lipinski definition) is 2. The number of benzene rings is 1. The third-order valence-corrected chi connectivity index (χ3v) is 1.91. The summed E-state index contributed by atoms with van der Waals surface area (Å²) in [5.74, 6) is -0.303. The van der Waals surface area contributed by atoms with Gasteiger partial charge in [0.05, 0.1) is 5.71 Å². The van der Waals surface area contributed by atoms with Crippen molar-refractivity contribution in [1.82, 2.24) is 5.43 Å². The summed E-state index contributed by atoms with van der Waals surface area (Å²) in [7, 11) is 0. The minimum Gasteiger partial charge on any atom is -0.375 e. The highest BCUT2D eigenvalue weighted by Gasteiger charge is 2.06. The summed E-state index contributed by atoms with van der Waals surface area (Å²) in [6.07, 6.45) is 0.594. The molecule has 0 saturated carbocycles. The van der Waals surface area contributed by atoms with Gasteiger partial charge in [0, 0.05) is 5.56 Å². The molecule has 1 rings (SSSR count). The Hall–Kier alpha value is -1.49. The van der Waals surface area contributed by atoms with Crippen LogP contribution in [-0.2, 0) is 0 Å². The van der Waals surface area contributed by atoms with E-state index in [4.69, 9.17) is 5.73 Å². The van der Waals surface area contributed by atoms with E-state index in [1.54, 1.807) is 18.2 Å². The molecule has 0 aromatic heterocycles. The zero-order valence-corrected chi connectivity index (χ0v) is 9.14. The minimum absolute atomic E-state index is 0.0669. The van der Waals surface area contributed by atoms with Crippen LogP contribution < -0.4 is 11.2 Å². The largest absolute Gasteiger partial charge is 0.375 e. The van der Waals surface area contributed by atoms with Gasteiger partial charge in [-0.25, -0.2) is 4.39 Å². The third kappa shape index (κ3) is 3.28. The van der Waals surface area contributed by atoms with Gasteiger partial charge in [0.15, 0.2) is 5.11 Å². The van der Waals surface area contributed by atoms with Crippen molar-refractivity contribution in [2.24, 2.45) is 10.8 Å². The summed E-state index contributed by atoms with van der Waals surface area (Å²) in [5.41, 5.74) is 8.73. The van der Waals surface area contributed by atoms with Crippen LogP contribution >= 0.6 is 12.2 Å². The normalized spacial score (nSPS) is 11.2. The maximum atomic E-state index is 13.4. The van der Waals surface area contributed by atoms with Gasteiger partial charge in [0.2, 0.25) is 0 Å². The number of hydrazone groups is 1. The molecule has 0 fully saturated rings. The average Bonchev–Trinajstić information content (AvgIpc) is 2.21. The van der Waals surface area contributed by atoms with E-state index in [-0.39, 0.29) is 10.9 Å². The predicted molar refractivity (Wildman–Crippen MR) is 63.1 cm³/mol. The molecule has 0 radical (unpaired) electrons. The summed E-state index contributed by atoms with van der Waals surface area (Å²) >= 11 is 4.61. The van der Waals surface area contributed by atoms with Gasteiger partial charge < -0.3 is 5.73 Å². The lowest BCUT2D eigenvalue weighted by atomic mass is 10.1. The topological polar surface area (TPSA) is 50.4 Å². The van der Waals surface area contributed by atoms with Crippen LogP contribution in [0.5, 0.6) is 0 Å². The highest BCUT2D eigenvalue weighted by molar-refractivity contribution is 7.80. The standard InChI is InChI=1S/C10H12FN3S/c1-2-9(13-14-10(12)15)7-5-3-4-6-8(7)11/h3-6H,2H2,1H3,(H3,12,14,15)/b13-9-. The molecule has 0 unspecified atom stereocenters. The molecular formula is C10H12FN3S. The van der Waals surface area contributed by atoms with Gasteiger partial charge in [0.25, 0.3) is 0 Å². The molecule has 1 aromatic rings. The van der Waals surface area contributed by atoms with Gasteiger partial charge in [-0.15, -0.1) is 0 Å². The van der Waals surface area contributed by atoms with Crippen LogP contribution in [0.4, 0.5) is 4.39 Å². The molecule has 0 atom stereocenters. The first-order chi connectivity index (χ1) is 7.15. The van der Waals surface area contributed by atoms with Crippen molar-refractivity contribution in [2.75, 3.05) is 0 Å². The van der Waals surface area contributed by atoms with Gasteiger partial charge in [-0.1, -0.05) is 25.1 Å². The molecule has 15 heavy (non-hydrogen) atoms. The maximum absolute atomic E-state index is 13.4. The molecule has 1 aromatic carbocycles. The number of nitrogens with zero attached hydrogens (tertiary/aromatic N) is 1. The molecular weight excluding hydrogens is 213 g/mol. The van der Waals surface area contributed by atoms with E-state index in [1.165, 1.54) is 6.07 Å². The lowest BCUT2D eigenvalue weighted by molar-refractivity contribution is 0.624. The van der Waals surface area contributed by atoms with Crippen molar-refractivity contribution >= 4 is 23.0 Å². The Kier molecular flexibility index (Phi) is 4.17. The Morgan fingerprint density at radius 2 is 2.20 bits per heavy atom. The lowest BCUT2D eigenvalue weighted by Gasteiger charge is -2.05. The zero-order valence-electron chi connectivity index (χ0n) is 8.33. The lowest BCUT2D eigenvalue weighted by Crippen LogP contribution is -2.25. The molecule has 5 heteroatoms. The van der Waals surface area contributed by atoms with Crippen LogP contribution in [-0.4, -0.2) is 10.8 Å². The van der Waals surface area contributed by atoms with Gasteiger partial charge in [-0.2, -0.15) is 5.10 Å². The second kappa shape index (κ2) is 5.41. The van der Waals surface area contributed by atoms with Gasteiger partial charge >= 0.3 is 0 Å². The van der Waals surface area contributed by atoms with Crippen LogP contribution in [0.3, 0.4) is 0 Å². The molecule has 3 nitrogen and oxygen atoms in total. The quantitative estimate of drug-likeness (QED) is 0.468. The summed E-state index contributed by atoms with van der Waals surface area (Å²) in [6.45, 7) is 1.88. The van der Waals surface area contributed by atoms with E-state index in [0.29, 0.717) is 17.7 Å². The molecule has 3 N–H and O–H groups in total. The number of halogens is 1. The monoisotopic (exact) mass is 225 g/mol. The van der Waals surface area contributed by atoms with Crippen LogP contribution in [0.15, 0.2) is 29.4 Å². The van der Waals surface area contributed by atoms with Crippen molar-refractivity contribution in [3.8, 4) is 0 Å². The highest BCUT2D eigenvalue weighted by Crippen LogP contribution is 2.09. The second-order valence-electron chi connectivity index (χ2n) is 2.87. The van der Waals surface area contributed by atoms with Crippen molar-refractivity contribution in [1.29, 1.82) is 0 Å². The summed E-state index contributed by atoms with van der Waals surface area (Å²) < 4.78 is 13.4. The van der Waals surface area contributed by atoms with Gasteiger partial charge in [-0.05, 0) is 24.7 Å². The molecule has 0 amide bonds. The SMILES string of the molecule is CC/C(=N/NC(N)=S)c1ccccc1F. The molecule has 0 aliphatic rings. The minimum atomic E-state index is -0.303. The number of thiocarbonyl (C=S) groups is 1. The van der Waals surface area contributed by atoms with E-state index in [2.05, 4.69) is 22.7 Å². The third-order valence-electron chi connectivity index (χ3n) is 1.82.